The Kier molecular flexibility index (Phi) is 4.94. The molecule has 2 aliphatic rings. The topological polar surface area (TPSA) is 96.5 Å². The van der Waals surface area contributed by atoms with Crippen LogP contribution in [0.2, 0.25) is 5.02 Å². The van der Waals surface area contributed by atoms with Crippen molar-refractivity contribution in [1.82, 2.24) is 5.32 Å². The highest BCUT2D eigenvalue weighted by Crippen LogP contribution is 2.47. The van der Waals surface area contributed by atoms with E-state index in [4.69, 9.17) is 20.5 Å². The highest BCUT2D eigenvalue weighted by Gasteiger charge is 2.40. The summed E-state index contributed by atoms with van der Waals surface area (Å²) in [7, 11) is 0. The Balaban J connectivity index is 1.73. The summed E-state index contributed by atoms with van der Waals surface area (Å²) in [6, 6.07) is 2.41. The zero-order chi connectivity index (χ0) is 29.4. The number of anilines is 2. The number of benzene rings is 3. The lowest BCUT2D eigenvalue weighted by Crippen LogP contribution is -2.27. The van der Waals surface area contributed by atoms with Crippen LogP contribution in [0, 0.1) is 11.6 Å². The van der Waals surface area contributed by atoms with E-state index < -0.39 is 87.5 Å². The van der Waals surface area contributed by atoms with Crippen molar-refractivity contribution in [3.8, 4) is 5.75 Å². The number of amides is 3. The van der Waals surface area contributed by atoms with Gasteiger partial charge >= 0.3 is 6.18 Å². The van der Waals surface area contributed by atoms with Gasteiger partial charge in [-0.25, -0.2) is 8.78 Å². The number of fused-ring (bicyclic) bond motifs is 3. The summed E-state index contributed by atoms with van der Waals surface area (Å²) in [6.45, 7) is -2.94. The van der Waals surface area contributed by atoms with Gasteiger partial charge in [0.05, 0.1) is 32.6 Å². The van der Waals surface area contributed by atoms with Crippen LogP contribution in [0.4, 0.5) is 33.3 Å². The molecular formula is C24H13ClF5N3O4. The summed E-state index contributed by atoms with van der Waals surface area (Å²) in [5.74, 6) is -6.40. The zero-order valence-corrected chi connectivity index (χ0v) is 18.7. The summed E-state index contributed by atoms with van der Waals surface area (Å²) < 4.78 is 97.4. The first-order valence-corrected chi connectivity index (χ1v) is 10.6. The molecule has 0 aromatic heterocycles. The Hall–Kier alpha value is -4.19. The summed E-state index contributed by atoms with van der Waals surface area (Å²) in [5.41, 5.74) is -4.39. The van der Waals surface area contributed by atoms with Crippen molar-refractivity contribution in [2.24, 2.45) is 0 Å². The lowest BCUT2D eigenvalue weighted by Gasteiger charge is -2.23. The molecule has 2 heterocycles. The molecule has 0 spiro atoms. The Bertz CT molecular complexity index is 1650. The van der Waals surface area contributed by atoms with Gasteiger partial charge in [-0.2, -0.15) is 13.2 Å². The van der Waals surface area contributed by atoms with Crippen LogP contribution in [-0.2, 0) is 11.0 Å². The molecule has 3 aromatic carbocycles. The summed E-state index contributed by atoms with van der Waals surface area (Å²) in [4.78, 5) is 38.5. The number of halogens is 6. The molecule has 0 radical (unpaired) electrons. The van der Waals surface area contributed by atoms with E-state index in [-0.39, 0.29) is 16.7 Å². The molecule has 13 heteroatoms. The average Bonchev–Trinajstić information content (AvgIpc) is 3.12. The van der Waals surface area contributed by atoms with Gasteiger partial charge in [0.1, 0.15) is 17.4 Å². The third-order valence-electron chi connectivity index (χ3n) is 5.43. The van der Waals surface area contributed by atoms with Crippen LogP contribution in [0.15, 0.2) is 42.5 Å². The quantitative estimate of drug-likeness (QED) is 0.405. The molecule has 0 aliphatic carbocycles. The SMILES string of the molecule is [2H]C1([2H])Oc2cc(NC(=O)c3cc(F)cc(C(F)(F)F)c3)c3c(c2NC1=O)C(=O)N[C@]3([2H])c1cc(F)ccc1Cl. The molecule has 37 heavy (non-hydrogen) atoms. The minimum atomic E-state index is -5.00. The largest absolute Gasteiger partial charge is 0.481 e. The molecule has 3 N–H and O–H groups in total. The average molecular weight is 541 g/mol. The molecule has 3 amide bonds. The number of ether oxygens (including phenoxy) is 1. The van der Waals surface area contributed by atoms with Crippen molar-refractivity contribution in [2.75, 3.05) is 17.2 Å². The van der Waals surface area contributed by atoms with Crippen LogP contribution in [0.5, 0.6) is 5.75 Å². The molecule has 0 saturated carbocycles. The number of carbonyl (C=O) groups is 3. The molecule has 0 saturated heterocycles. The van der Waals surface area contributed by atoms with Crippen molar-refractivity contribution in [1.29, 1.82) is 0 Å². The molecule has 5 rings (SSSR count). The Labute approximate surface area is 213 Å². The minimum Gasteiger partial charge on any atom is -0.481 e. The second-order valence-corrected chi connectivity index (χ2v) is 8.25. The van der Waals surface area contributed by atoms with Crippen LogP contribution in [0.3, 0.4) is 0 Å². The van der Waals surface area contributed by atoms with Crippen molar-refractivity contribution in [3.05, 3.63) is 86.9 Å². The second-order valence-electron chi connectivity index (χ2n) is 7.84. The molecule has 190 valence electrons. The highest BCUT2D eigenvalue weighted by molar-refractivity contribution is 6.31. The van der Waals surface area contributed by atoms with Crippen molar-refractivity contribution >= 4 is 40.7 Å². The molecular weight excluding hydrogens is 525 g/mol. The number of hydrogen-bond acceptors (Lipinski definition) is 4. The summed E-state index contributed by atoms with van der Waals surface area (Å²) in [6.07, 6.45) is -5.00. The number of carbonyl (C=O) groups excluding carboxylic acids is 3. The molecule has 2 aliphatic heterocycles. The van der Waals surface area contributed by atoms with Crippen LogP contribution < -0.4 is 20.7 Å². The maximum Gasteiger partial charge on any atom is 0.416 e. The summed E-state index contributed by atoms with van der Waals surface area (Å²) >= 11 is 6.20. The van der Waals surface area contributed by atoms with E-state index in [1.807, 2.05) is 0 Å². The van der Waals surface area contributed by atoms with Gasteiger partial charge in [-0.15, -0.1) is 0 Å². The third-order valence-corrected chi connectivity index (χ3v) is 5.76. The number of rotatable bonds is 3. The van der Waals surface area contributed by atoms with Crippen molar-refractivity contribution in [2.45, 2.75) is 12.2 Å². The van der Waals surface area contributed by atoms with E-state index in [0.717, 1.165) is 24.3 Å². The van der Waals surface area contributed by atoms with Crippen LogP contribution in [-0.4, -0.2) is 24.3 Å². The predicted octanol–water partition coefficient (Wildman–Crippen LogP) is 5.05. The van der Waals surface area contributed by atoms with Gasteiger partial charge in [0, 0.05) is 27.8 Å². The van der Waals surface area contributed by atoms with E-state index in [1.165, 1.54) is 0 Å². The monoisotopic (exact) mass is 540 g/mol. The van der Waals surface area contributed by atoms with Crippen LogP contribution >= 0.6 is 11.6 Å². The van der Waals surface area contributed by atoms with E-state index in [1.54, 1.807) is 0 Å². The first kappa shape index (κ1) is 20.9. The normalized spacial score (nSPS) is 20.9. The Morgan fingerprint density at radius 2 is 1.89 bits per heavy atom. The Morgan fingerprint density at radius 1 is 1.14 bits per heavy atom. The van der Waals surface area contributed by atoms with Gasteiger partial charge in [0.25, 0.3) is 17.7 Å². The van der Waals surface area contributed by atoms with E-state index >= 15 is 0 Å². The molecule has 0 fully saturated rings. The lowest BCUT2D eigenvalue weighted by atomic mass is 9.94. The highest BCUT2D eigenvalue weighted by atomic mass is 35.5. The molecule has 0 unspecified atom stereocenters. The number of hydrogen-bond donors (Lipinski definition) is 3. The molecule has 7 nitrogen and oxygen atoms in total. The van der Waals surface area contributed by atoms with Crippen LogP contribution in [0.1, 0.15) is 47.5 Å². The van der Waals surface area contributed by atoms with Gasteiger partial charge in [0.2, 0.25) is 0 Å². The predicted molar refractivity (Wildman–Crippen MR) is 121 cm³/mol. The van der Waals surface area contributed by atoms with Crippen LogP contribution in [0.25, 0.3) is 0 Å². The minimum absolute atomic E-state index is 0.176. The number of nitrogens with one attached hydrogen (secondary N) is 3. The Morgan fingerprint density at radius 3 is 2.62 bits per heavy atom. The third kappa shape index (κ3) is 4.44. The molecule has 1 atom stereocenters. The molecule has 3 aromatic rings. The standard InChI is InChI=1S/C24H13ClF5N3O4/c25-14-2-1-11(26)6-13(14)20-18-15(7-16-21(19(18)23(36)33-20)32-17(34)8-37-16)31-22(35)9-3-10(24(28,29)30)5-12(27)4-9/h1-7,20H,8H2,(H,31,35)(H,32,34)(H,33,36)/t20-/m1/s1/i8D2,20D. The van der Waals surface area contributed by atoms with E-state index in [2.05, 4.69) is 16.0 Å². The second kappa shape index (κ2) is 8.73. The van der Waals surface area contributed by atoms with Gasteiger partial charge in [-0.1, -0.05) is 11.6 Å². The summed E-state index contributed by atoms with van der Waals surface area (Å²) in [5, 5.41) is 6.43. The fourth-order valence-electron chi connectivity index (χ4n) is 3.90. The van der Waals surface area contributed by atoms with E-state index in [9.17, 15) is 36.3 Å². The van der Waals surface area contributed by atoms with Crippen molar-refractivity contribution < 1.29 is 45.2 Å². The smallest absolute Gasteiger partial charge is 0.416 e. The molecule has 0 bridgehead atoms. The van der Waals surface area contributed by atoms with Gasteiger partial charge < -0.3 is 20.7 Å². The van der Waals surface area contributed by atoms with Gasteiger partial charge in [-0.05, 0) is 36.4 Å². The lowest BCUT2D eigenvalue weighted by molar-refractivity contribution is -0.137. The van der Waals surface area contributed by atoms with Gasteiger partial charge in [0.15, 0.2) is 6.56 Å². The van der Waals surface area contributed by atoms with Gasteiger partial charge in [-0.3, -0.25) is 14.4 Å². The number of alkyl halides is 3. The first-order chi connectivity index (χ1) is 18.5. The van der Waals surface area contributed by atoms with E-state index in [0.29, 0.717) is 12.1 Å². The first-order valence-electron chi connectivity index (χ1n) is 11.7. The maximum absolute atomic E-state index is 14.2. The van der Waals surface area contributed by atoms with Crippen molar-refractivity contribution in [3.63, 3.8) is 0 Å². The fraction of sp³-hybridized carbons (Fsp3) is 0.125. The zero-order valence-electron chi connectivity index (χ0n) is 20.9. The maximum atomic E-state index is 14.2. The fourth-order valence-corrected chi connectivity index (χ4v) is 4.11.